The van der Waals surface area contributed by atoms with Crippen LogP contribution < -0.4 is 9.64 Å². The quantitative estimate of drug-likeness (QED) is 0.632. The highest BCUT2D eigenvalue weighted by atomic mass is 19.4. The molecule has 0 saturated carbocycles. The Morgan fingerprint density at radius 1 is 1.29 bits per heavy atom. The van der Waals surface area contributed by atoms with E-state index in [1.807, 2.05) is 0 Å². The van der Waals surface area contributed by atoms with Crippen molar-refractivity contribution in [3.8, 4) is 5.75 Å². The van der Waals surface area contributed by atoms with Crippen LogP contribution in [0.15, 0.2) is 42.5 Å². The molecule has 2 aromatic rings. The molecular weight excluding hydrogens is 381 g/mol. The predicted octanol–water partition coefficient (Wildman–Crippen LogP) is 3.40. The molecule has 1 atom stereocenters. The van der Waals surface area contributed by atoms with Crippen molar-refractivity contribution in [3.63, 3.8) is 0 Å². The van der Waals surface area contributed by atoms with E-state index in [1.165, 1.54) is 18.2 Å². The van der Waals surface area contributed by atoms with E-state index in [0.717, 1.165) is 29.2 Å². The number of aliphatic hydroxyl groups is 1. The minimum Gasteiger partial charge on any atom is -0.489 e. The van der Waals surface area contributed by atoms with Gasteiger partial charge in [0.25, 0.3) is 11.6 Å². The smallest absolute Gasteiger partial charge is 0.416 e. The average Bonchev–Trinajstić information content (AvgIpc) is 2.66. The molecule has 148 valence electrons. The van der Waals surface area contributed by atoms with Crippen LogP contribution in [0.25, 0.3) is 0 Å². The Balaban J connectivity index is 2.08. The van der Waals surface area contributed by atoms with Crippen LogP contribution in [0.4, 0.5) is 24.5 Å². The molecule has 1 aliphatic rings. The van der Waals surface area contributed by atoms with E-state index in [0.29, 0.717) is 0 Å². The molecule has 3 rings (SSSR count). The molecule has 28 heavy (non-hydrogen) atoms. The van der Waals surface area contributed by atoms with Gasteiger partial charge in [0, 0.05) is 24.3 Å². The number of halogens is 3. The molecule has 0 saturated heterocycles. The molecular formula is C18H15F3N2O5. The van der Waals surface area contributed by atoms with Crippen LogP contribution in [0.5, 0.6) is 5.75 Å². The number of benzene rings is 2. The van der Waals surface area contributed by atoms with Crippen LogP contribution in [0.2, 0.25) is 0 Å². The topological polar surface area (TPSA) is 92.9 Å². The third kappa shape index (κ3) is 3.77. The molecule has 0 fully saturated rings. The number of aliphatic hydroxyl groups excluding tert-OH is 1. The number of rotatable bonds is 4. The average molecular weight is 396 g/mol. The first-order chi connectivity index (χ1) is 13.2. The summed E-state index contributed by atoms with van der Waals surface area (Å²) in [5, 5.41) is 20.4. The molecule has 10 heteroatoms. The molecule has 0 spiro atoms. The fourth-order valence-electron chi connectivity index (χ4n) is 2.99. The van der Waals surface area contributed by atoms with Gasteiger partial charge in [-0.2, -0.15) is 13.2 Å². The number of nitrogens with zero attached hydrogens (tertiary/aromatic N) is 2. The lowest BCUT2D eigenvalue weighted by Gasteiger charge is -2.36. The zero-order valence-electron chi connectivity index (χ0n) is 14.3. The highest BCUT2D eigenvalue weighted by molar-refractivity contribution is 6.08. The zero-order chi connectivity index (χ0) is 20.5. The van der Waals surface area contributed by atoms with Gasteiger partial charge in [-0.05, 0) is 30.7 Å². The number of ether oxygens (including phenoxy) is 1. The van der Waals surface area contributed by atoms with Crippen molar-refractivity contribution in [1.82, 2.24) is 0 Å². The SMILES string of the molecule is O=C(c1cccc(C(F)(F)F)c1)N1c2cc([N+](=O)[O-])ccc2OCC1CCO. The van der Waals surface area contributed by atoms with Gasteiger partial charge in [0.2, 0.25) is 0 Å². The molecule has 7 nitrogen and oxygen atoms in total. The van der Waals surface area contributed by atoms with Crippen molar-refractivity contribution in [3.05, 3.63) is 63.7 Å². The van der Waals surface area contributed by atoms with E-state index in [-0.39, 0.29) is 42.3 Å². The van der Waals surface area contributed by atoms with Crippen molar-refractivity contribution >= 4 is 17.3 Å². The van der Waals surface area contributed by atoms with Crippen molar-refractivity contribution in [1.29, 1.82) is 0 Å². The monoisotopic (exact) mass is 396 g/mol. The van der Waals surface area contributed by atoms with Crippen LogP contribution in [0, 0.1) is 10.1 Å². The Bertz CT molecular complexity index is 916. The van der Waals surface area contributed by atoms with Crippen LogP contribution in [-0.2, 0) is 6.18 Å². The second-order valence-electron chi connectivity index (χ2n) is 6.14. The van der Waals surface area contributed by atoms with Crippen LogP contribution in [0.1, 0.15) is 22.3 Å². The maximum absolute atomic E-state index is 13.1. The van der Waals surface area contributed by atoms with E-state index < -0.39 is 28.6 Å². The number of nitro benzene ring substituents is 1. The number of non-ortho nitro benzene ring substituents is 1. The molecule has 1 heterocycles. The lowest BCUT2D eigenvalue weighted by molar-refractivity contribution is -0.384. The molecule has 0 aliphatic carbocycles. The number of nitro groups is 1. The largest absolute Gasteiger partial charge is 0.489 e. The number of amides is 1. The first kappa shape index (κ1) is 19.6. The maximum Gasteiger partial charge on any atom is 0.416 e. The number of fused-ring (bicyclic) bond motifs is 1. The summed E-state index contributed by atoms with van der Waals surface area (Å²) in [5.41, 5.74) is -1.43. The second kappa shape index (κ2) is 7.47. The van der Waals surface area contributed by atoms with Gasteiger partial charge in [0.05, 0.1) is 22.2 Å². The Morgan fingerprint density at radius 2 is 2.04 bits per heavy atom. The van der Waals surface area contributed by atoms with Gasteiger partial charge in [0.15, 0.2) is 0 Å². The summed E-state index contributed by atoms with van der Waals surface area (Å²) in [6.07, 6.45) is -4.53. The first-order valence-corrected chi connectivity index (χ1v) is 8.25. The van der Waals surface area contributed by atoms with Gasteiger partial charge in [-0.25, -0.2) is 0 Å². The lowest BCUT2D eigenvalue weighted by Crippen LogP contribution is -2.47. The van der Waals surface area contributed by atoms with Crippen LogP contribution in [-0.4, -0.2) is 35.2 Å². The third-order valence-corrected chi connectivity index (χ3v) is 4.33. The number of carbonyl (C=O) groups is 1. The number of hydrogen-bond acceptors (Lipinski definition) is 5. The Morgan fingerprint density at radius 3 is 2.68 bits per heavy atom. The molecule has 2 aromatic carbocycles. The normalized spacial score (nSPS) is 16.3. The van der Waals surface area contributed by atoms with Gasteiger partial charge in [-0.3, -0.25) is 19.8 Å². The molecule has 1 N–H and O–H groups in total. The summed E-state index contributed by atoms with van der Waals surface area (Å²) in [6, 6.07) is 6.90. The summed E-state index contributed by atoms with van der Waals surface area (Å²) >= 11 is 0. The van der Waals surface area contributed by atoms with Gasteiger partial charge >= 0.3 is 6.18 Å². The van der Waals surface area contributed by atoms with E-state index >= 15 is 0 Å². The molecule has 0 bridgehead atoms. The fourth-order valence-corrected chi connectivity index (χ4v) is 2.99. The van der Waals surface area contributed by atoms with Gasteiger partial charge < -0.3 is 9.84 Å². The molecule has 1 aliphatic heterocycles. The number of hydrogen-bond donors (Lipinski definition) is 1. The maximum atomic E-state index is 13.1. The molecule has 1 amide bonds. The van der Waals surface area contributed by atoms with E-state index in [9.17, 15) is 33.2 Å². The summed E-state index contributed by atoms with van der Waals surface area (Å²) in [5.74, 6) is -0.574. The highest BCUT2D eigenvalue weighted by Crippen LogP contribution is 2.39. The Labute approximate surface area is 157 Å². The summed E-state index contributed by atoms with van der Waals surface area (Å²) < 4.78 is 44.5. The Hall–Kier alpha value is -3.14. The predicted molar refractivity (Wildman–Crippen MR) is 92.3 cm³/mol. The van der Waals surface area contributed by atoms with Crippen molar-refractivity contribution in [2.24, 2.45) is 0 Å². The highest BCUT2D eigenvalue weighted by Gasteiger charge is 2.36. The molecule has 0 aromatic heterocycles. The van der Waals surface area contributed by atoms with E-state index in [4.69, 9.17) is 4.74 Å². The number of carbonyl (C=O) groups excluding carboxylic acids is 1. The zero-order valence-corrected chi connectivity index (χ0v) is 14.3. The molecule has 1 unspecified atom stereocenters. The van der Waals surface area contributed by atoms with Gasteiger partial charge in [0.1, 0.15) is 12.4 Å². The van der Waals surface area contributed by atoms with Crippen LogP contribution >= 0.6 is 0 Å². The number of anilines is 1. The van der Waals surface area contributed by atoms with Crippen molar-refractivity contribution < 1.29 is 32.7 Å². The standard InChI is InChI=1S/C18H15F3N2O5/c19-18(20,21)12-3-1-2-11(8-12)17(25)22-14(6-7-24)10-28-16-5-4-13(23(26)27)9-15(16)22/h1-5,8-9,14,24H,6-7,10H2. The molecule has 0 radical (unpaired) electrons. The first-order valence-electron chi connectivity index (χ1n) is 8.25. The van der Waals surface area contributed by atoms with Crippen LogP contribution in [0.3, 0.4) is 0 Å². The second-order valence-corrected chi connectivity index (χ2v) is 6.14. The van der Waals surface area contributed by atoms with Crippen molar-refractivity contribution in [2.75, 3.05) is 18.1 Å². The fraction of sp³-hybridized carbons (Fsp3) is 0.278. The summed E-state index contributed by atoms with van der Waals surface area (Å²) in [4.78, 5) is 24.7. The summed E-state index contributed by atoms with van der Waals surface area (Å²) in [6.45, 7) is -0.305. The Kier molecular flexibility index (Phi) is 5.23. The van der Waals surface area contributed by atoms with Gasteiger partial charge in [-0.1, -0.05) is 6.07 Å². The number of alkyl halides is 3. The minimum absolute atomic E-state index is 0.00390. The van der Waals surface area contributed by atoms with Gasteiger partial charge in [-0.15, -0.1) is 0 Å². The van der Waals surface area contributed by atoms with Crippen molar-refractivity contribution in [2.45, 2.75) is 18.6 Å². The third-order valence-electron chi connectivity index (χ3n) is 4.33. The summed E-state index contributed by atoms with van der Waals surface area (Å²) in [7, 11) is 0. The lowest BCUT2D eigenvalue weighted by atomic mass is 10.0. The van der Waals surface area contributed by atoms with E-state index in [2.05, 4.69) is 0 Å². The minimum atomic E-state index is -4.62. The van der Waals surface area contributed by atoms with E-state index in [1.54, 1.807) is 0 Å².